The lowest BCUT2D eigenvalue weighted by Crippen LogP contribution is -2.52. The van der Waals surface area contributed by atoms with Crippen molar-refractivity contribution >= 4 is 23.7 Å². The number of piperazine rings is 1. The van der Waals surface area contributed by atoms with Crippen molar-refractivity contribution in [3.63, 3.8) is 0 Å². The highest BCUT2D eigenvalue weighted by molar-refractivity contribution is 6.30. The fourth-order valence-electron chi connectivity index (χ4n) is 2.77. The number of halogens is 1. The average molecular weight is 369 g/mol. The van der Waals surface area contributed by atoms with E-state index >= 15 is 0 Å². The van der Waals surface area contributed by atoms with Crippen molar-refractivity contribution in [2.24, 2.45) is 0 Å². The van der Waals surface area contributed by atoms with Crippen LogP contribution in [-0.2, 0) is 14.3 Å². The zero-order valence-electron chi connectivity index (χ0n) is 15.1. The highest BCUT2D eigenvalue weighted by atomic mass is 35.5. The van der Waals surface area contributed by atoms with Crippen LogP contribution in [0, 0.1) is 0 Å². The summed E-state index contributed by atoms with van der Waals surface area (Å²) in [6, 6.07) is 6.66. The highest BCUT2D eigenvalue weighted by Gasteiger charge is 2.33. The molecule has 0 spiro atoms. The largest absolute Gasteiger partial charge is 0.468 e. The van der Waals surface area contributed by atoms with Crippen molar-refractivity contribution in [1.82, 2.24) is 9.80 Å². The molecule has 0 radical (unpaired) electrons. The van der Waals surface area contributed by atoms with Crippen LogP contribution in [0.2, 0.25) is 5.02 Å². The number of amides is 1. The number of methoxy groups -OCH3 is 1. The Balaban J connectivity index is 2.07. The zero-order chi connectivity index (χ0) is 18.6. The maximum absolute atomic E-state index is 12.3. The molecule has 0 bridgehead atoms. The third-order valence-electron chi connectivity index (χ3n) is 3.92. The van der Waals surface area contributed by atoms with Crippen LogP contribution in [0.5, 0.6) is 0 Å². The van der Waals surface area contributed by atoms with Crippen molar-refractivity contribution in [2.75, 3.05) is 33.3 Å². The van der Waals surface area contributed by atoms with Crippen LogP contribution in [0.4, 0.5) is 4.79 Å². The van der Waals surface area contributed by atoms with Gasteiger partial charge in [-0.25, -0.2) is 9.59 Å². The Morgan fingerprint density at radius 1 is 1.16 bits per heavy atom. The molecule has 0 saturated carbocycles. The van der Waals surface area contributed by atoms with Gasteiger partial charge in [-0.1, -0.05) is 23.7 Å². The lowest BCUT2D eigenvalue weighted by Gasteiger charge is -2.38. The van der Waals surface area contributed by atoms with Crippen LogP contribution in [-0.4, -0.2) is 60.8 Å². The number of rotatable bonds is 3. The monoisotopic (exact) mass is 368 g/mol. The quantitative estimate of drug-likeness (QED) is 0.767. The number of benzene rings is 1. The molecule has 0 aromatic heterocycles. The molecular formula is C18H25ClN2O4. The van der Waals surface area contributed by atoms with Crippen LogP contribution in [0.15, 0.2) is 24.3 Å². The lowest BCUT2D eigenvalue weighted by atomic mass is 10.0. The predicted octanol–water partition coefficient (Wildman–Crippen LogP) is 3.11. The van der Waals surface area contributed by atoms with Crippen LogP contribution in [0.1, 0.15) is 32.4 Å². The van der Waals surface area contributed by atoms with Crippen LogP contribution < -0.4 is 0 Å². The Bertz CT molecular complexity index is 622. The second-order valence-electron chi connectivity index (χ2n) is 6.98. The third kappa shape index (κ3) is 5.34. The molecular weight excluding hydrogens is 344 g/mol. The van der Waals surface area contributed by atoms with Gasteiger partial charge in [-0.15, -0.1) is 0 Å². The summed E-state index contributed by atoms with van der Waals surface area (Å²) < 4.78 is 10.4. The van der Waals surface area contributed by atoms with E-state index in [2.05, 4.69) is 0 Å². The summed E-state index contributed by atoms with van der Waals surface area (Å²) in [4.78, 5) is 28.1. The van der Waals surface area contributed by atoms with Gasteiger partial charge in [0.15, 0.2) is 0 Å². The minimum Gasteiger partial charge on any atom is -0.468 e. The number of carbonyl (C=O) groups is 2. The van der Waals surface area contributed by atoms with Gasteiger partial charge in [0, 0.05) is 31.2 Å². The lowest BCUT2D eigenvalue weighted by molar-refractivity contribution is -0.148. The number of esters is 1. The Hall–Kier alpha value is -1.79. The zero-order valence-corrected chi connectivity index (χ0v) is 15.9. The summed E-state index contributed by atoms with van der Waals surface area (Å²) in [5, 5.41) is 0.568. The summed E-state index contributed by atoms with van der Waals surface area (Å²) in [6.45, 7) is 7.59. The maximum Gasteiger partial charge on any atom is 0.410 e. The molecule has 0 aliphatic carbocycles. The molecule has 0 N–H and O–H groups in total. The van der Waals surface area contributed by atoms with E-state index in [1.165, 1.54) is 7.11 Å². The normalized spacial score (nSPS) is 17.1. The first-order valence-electron chi connectivity index (χ1n) is 8.26. The molecule has 1 aromatic carbocycles. The second-order valence-corrected chi connectivity index (χ2v) is 7.42. The molecule has 25 heavy (non-hydrogen) atoms. The van der Waals surface area contributed by atoms with Crippen molar-refractivity contribution in [2.45, 2.75) is 32.4 Å². The van der Waals surface area contributed by atoms with E-state index in [0.717, 1.165) is 5.56 Å². The van der Waals surface area contributed by atoms with Crippen LogP contribution in [0.25, 0.3) is 0 Å². The van der Waals surface area contributed by atoms with E-state index in [4.69, 9.17) is 21.1 Å². The molecule has 1 atom stereocenters. The molecule has 1 saturated heterocycles. The van der Waals surface area contributed by atoms with Gasteiger partial charge in [0.1, 0.15) is 11.6 Å². The van der Waals surface area contributed by atoms with E-state index in [0.29, 0.717) is 31.2 Å². The highest BCUT2D eigenvalue weighted by Crippen LogP contribution is 2.26. The molecule has 7 heteroatoms. The van der Waals surface area contributed by atoms with Crippen LogP contribution in [0.3, 0.4) is 0 Å². The standard InChI is InChI=1S/C18H25ClN2O4/c1-18(2,3)25-17(23)21-10-8-20(9-11-21)15(16(22)24-4)13-6-5-7-14(19)12-13/h5-7,12,15H,8-11H2,1-4H3. The molecule has 1 unspecified atom stereocenters. The first-order valence-corrected chi connectivity index (χ1v) is 8.64. The summed E-state index contributed by atoms with van der Waals surface area (Å²) >= 11 is 6.06. The van der Waals surface area contributed by atoms with Crippen molar-refractivity contribution in [3.05, 3.63) is 34.9 Å². The molecule has 1 fully saturated rings. The first kappa shape index (κ1) is 19.5. The molecule has 1 heterocycles. The topological polar surface area (TPSA) is 59.1 Å². The van der Waals surface area contributed by atoms with E-state index in [-0.39, 0.29) is 12.1 Å². The van der Waals surface area contributed by atoms with Gasteiger partial charge in [0.05, 0.1) is 7.11 Å². The first-order chi connectivity index (χ1) is 11.7. The number of hydrogen-bond acceptors (Lipinski definition) is 5. The second kappa shape index (κ2) is 8.06. The predicted molar refractivity (Wildman–Crippen MR) is 95.6 cm³/mol. The molecule has 1 aromatic rings. The summed E-state index contributed by atoms with van der Waals surface area (Å²) in [5.41, 5.74) is 0.258. The summed E-state index contributed by atoms with van der Waals surface area (Å²) in [7, 11) is 1.37. The van der Waals surface area contributed by atoms with Gasteiger partial charge in [-0.05, 0) is 38.5 Å². The third-order valence-corrected chi connectivity index (χ3v) is 4.16. The fourth-order valence-corrected chi connectivity index (χ4v) is 2.97. The molecule has 6 nitrogen and oxygen atoms in total. The molecule has 1 aliphatic rings. The molecule has 138 valence electrons. The molecule has 1 amide bonds. The van der Waals surface area contributed by atoms with Gasteiger partial charge < -0.3 is 14.4 Å². The SMILES string of the molecule is COC(=O)C(c1cccc(Cl)c1)N1CCN(C(=O)OC(C)(C)C)CC1. The smallest absolute Gasteiger partial charge is 0.410 e. The van der Waals surface area contributed by atoms with E-state index in [1.807, 2.05) is 37.8 Å². The molecule has 2 rings (SSSR count). The summed E-state index contributed by atoms with van der Waals surface area (Å²) in [6.07, 6.45) is -0.329. The number of carbonyl (C=O) groups excluding carboxylic acids is 2. The van der Waals surface area contributed by atoms with Crippen molar-refractivity contribution in [3.8, 4) is 0 Å². The Labute approximate surface area is 153 Å². The number of hydrogen-bond donors (Lipinski definition) is 0. The summed E-state index contributed by atoms with van der Waals surface area (Å²) in [5.74, 6) is -0.340. The molecule has 1 aliphatic heterocycles. The number of ether oxygens (including phenoxy) is 2. The van der Waals surface area contributed by atoms with Gasteiger partial charge in [0.2, 0.25) is 0 Å². The van der Waals surface area contributed by atoms with Gasteiger partial charge >= 0.3 is 12.1 Å². The fraction of sp³-hybridized carbons (Fsp3) is 0.556. The van der Waals surface area contributed by atoms with E-state index < -0.39 is 11.6 Å². The van der Waals surface area contributed by atoms with Crippen LogP contribution >= 0.6 is 11.6 Å². The minimum atomic E-state index is -0.538. The van der Waals surface area contributed by atoms with Crippen molar-refractivity contribution < 1.29 is 19.1 Å². The average Bonchev–Trinajstić information content (AvgIpc) is 2.54. The Kier molecular flexibility index (Phi) is 6.30. The van der Waals surface area contributed by atoms with E-state index in [9.17, 15) is 9.59 Å². The van der Waals surface area contributed by atoms with Crippen molar-refractivity contribution in [1.29, 1.82) is 0 Å². The Morgan fingerprint density at radius 3 is 2.32 bits per heavy atom. The maximum atomic E-state index is 12.3. The Morgan fingerprint density at radius 2 is 1.80 bits per heavy atom. The minimum absolute atomic E-state index is 0.329. The van der Waals surface area contributed by atoms with E-state index in [1.54, 1.807) is 17.0 Å². The van der Waals surface area contributed by atoms with Gasteiger partial charge in [-0.3, -0.25) is 4.90 Å². The van der Waals surface area contributed by atoms with Gasteiger partial charge in [-0.2, -0.15) is 0 Å². The number of nitrogens with zero attached hydrogens (tertiary/aromatic N) is 2. The van der Waals surface area contributed by atoms with Gasteiger partial charge in [0.25, 0.3) is 0 Å².